The molecule has 0 N–H and O–H groups in total. The molecular formula is C27H26Cl2N4S. The van der Waals surface area contributed by atoms with Crippen LogP contribution in [0.15, 0.2) is 60.7 Å². The van der Waals surface area contributed by atoms with Gasteiger partial charge in [-0.05, 0) is 79.4 Å². The Hall–Kier alpha value is -2.31. The van der Waals surface area contributed by atoms with Gasteiger partial charge in [0.1, 0.15) is 5.82 Å². The van der Waals surface area contributed by atoms with Gasteiger partial charge in [0.2, 0.25) is 0 Å². The van der Waals surface area contributed by atoms with Crippen molar-refractivity contribution in [2.75, 3.05) is 37.6 Å². The highest BCUT2D eigenvalue weighted by molar-refractivity contribution is 7.13. The van der Waals surface area contributed by atoms with E-state index in [0.717, 1.165) is 61.6 Å². The van der Waals surface area contributed by atoms with Crippen LogP contribution in [-0.2, 0) is 6.54 Å². The van der Waals surface area contributed by atoms with Gasteiger partial charge < -0.3 is 9.47 Å². The quantitative estimate of drug-likeness (QED) is 0.224. The van der Waals surface area contributed by atoms with E-state index in [1.165, 1.54) is 38.3 Å². The summed E-state index contributed by atoms with van der Waals surface area (Å²) in [6, 6.07) is 20.9. The van der Waals surface area contributed by atoms with Gasteiger partial charge in [-0.15, -0.1) is 0 Å². The summed E-state index contributed by atoms with van der Waals surface area (Å²) in [7, 11) is 0. The molecule has 0 atom stereocenters. The molecule has 3 heterocycles. The summed E-state index contributed by atoms with van der Waals surface area (Å²) in [5.41, 5.74) is 2.46. The summed E-state index contributed by atoms with van der Waals surface area (Å²) >= 11 is 14.2. The fourth-order valence-electron chi connectivity index (χ4n) is 5.18. The monoisotopic (exact) mass is 508 g/mol. The first-order valence-electron chi connectivity index (χ1n) is 11.9. The summed E-state index contributed by atoms with van der Waals surface area (Å²) in [5.74, 6) is 1.16. The van der Waals surface area contributed by atoms with Gasteiger partial charge in [-0.25, -0.2) is 0 Å². The van der Waals surface area contributed by atoms with E-state index in [1.807, 2.05) is 12.1 Å². The van der Waals surface area contributed by atoms with Gasteiger partial charge in [0.15, 0.2) is 0 Å². The van der Waals surface area contributed by atoms with Crippen molar-refractivity contribution < 1.29 is 0 Å². The topological polar surface area (TPSA) is 24.3 Å². The van der Waals surface area contributed by atoms with E-state index in [-0.39, 0.29) is 0 Å². The number of hydrogen-bond donors (Lipinski definition) is 0. The summed E-state index contributed by atoms with van der Waals surface area (Å²) in [6.45, 7) is 6.41. The highest BCUT2D eigenvalue weighted by atomic mass is 35.5. The molecule has 0 unspecified atom stereocenters. The summed E-state index contributed by atoms with van der Waals surface area (Å²) in [4.78, 5) is 5.04. The number of aryl methyl sites for hydroxylation is 1. The highest BCUT2D eigenvalue weighted by Gasteiger charge is 2.20. The second-order valence-electron chi connectivity index (χ2n) is 9.01. The molecule has 34 heavy (non-hydrogen) atoms. The van der Waals surface area contributed by atoms with Gasteiger partial charge in [0.25, 0.3) is 0 Å². The maximum absolute atomic E-state index is 6.30. The smallest absolute Gasteiger partial charge is 0.150 e. The van der Waals surface area contributed by atoms with Gasteiger partial charge in [0, 0.05) is 70.0 Å². The standard InChI is InChI=1S/C27H26Cl2N4S/c28-19-7-9-24-22(17-19)23-18-20(29)8-10-25(23)33(24)12-4-3-11-31-13-15-32(16-14-31)27-21-5-1-2-6-26(21)34-30-27/h1-2,5-10,17-18H,3-4,11-16H2. The van der Waals surface area contributed by atoms with Gasteiger partial charge in [0.05, 0.1) is 4.70 Å². The number of hydrogen-bond acceptors (Lipinski definition) is 4. The zero-order valence-electron chi connectivity index (χ0n) is 18.9. The van der Waals surface area contributed by atoms with E-state index in [1.54, 1.807) is 11.5 Å². The molecule has 5 aromatic rings. The van der Waals surface area contributed by atoms with Crippen molar-refractivity contribution in [3.05, 3.63) is 70.7 Å². The Bertz CT molecular complexity index is 1410. The molecule has 6 rings (SSSR count). The van der Waals surface area contributed by atoms with Crippen LogP contribution in [0.4, 0.5) is 5.82 Å². The van der Waals surface area contributed by atoms with Crippen molar-refractivity contribution in [1.82, 2.24) is 13.8 Å². The predicted molar refractivity (Wildman–Crippen MR) is 147 cm³/mol. The largest absolute Gasteiger partial charge is 0.353 e. The number of fused-ring (bicyclic) bond motifs is 4. The Morgan fingerprint density at radius 3 is 2.09 bits per heavy atom. The molecule has 0 spiro atoms. The van der Waals surface area contributed by atoms with Gasteiger partial charge in [-0.1, -0.05) is 35.3 Å². The molecule has 7 heteroatoms. The number of anilines is 1. The summed E-state index contributed by atoms with van der Waals surface area (Å²) < 4.78 is 8.43. The molecule has 4 nitrogen and oxygen atoms in total. The van der Waals surface area contributed by atoms with E-state index in [2.05, 4.69) is 62.9 Å². The van der Waals surface area contributed by atoms with Crippen molar-refractivity contribution >= 4 is 72.4 Å². The summed E-state index contributed by atoms with van der Waals surface area (Å²) in [5, 5.41) is 5.16. The molecular weight excluding hydrogens is 483 g/mol. The molecule has 1 fully saturated rings. The molecule has 3 aromatic carbocycles. The van der Waals surface area contributed by atoms with Crippen LogP contribution < -0.4 is 4.90 Å². The molecule has 0 aliphatic carbocycles. The molecule has 1 aliphatic heterocycles. The van der Waals surface area contributed by atoms with Crippen LogP contribution in [-0.4, -0.2) is 46.6 Å². The number of halogens is 2. The molecule has 0 amide bonds. The average molecular weight is 510 g/mol. The average Bonchev–Trinajstić information content (AvgIpc) is 3.41. The van der Waals surface area contributed by atoms with Crippen LogP contribution in [0.3, 0.4) is 0 Å². The van der Waals surface area contributed by atoms with E-state index in [9.17, 15) is 0 Å². The molecule has 1 saturated heterocycles. The minimum atomic E-state index is 0.760. The van der Waals surface area contributed by atoms with E-state index < -0.39 is 0 Å². The lowest BCUT2D eigenvalue weighted by Gasteiger charge is -2.35. The first-order valence-corrected chi connectivity index (χ1v) is 13.4. The maximum atomic E-state index is 6.30. The van der Waals surface area contributed by atoms with Crippen LogP contribution in [0.2, 0.25) is 10.0 Å². The lowest BCUT2D eigenvalue weighted by molar-refractivity contribution is 0.251. The minimum Gasteiger partial charge on any atom is -0.353 e. The lowest BCUT2D eigenvalue weighted by atomic mass is 10.1. The van der Waals surface area contributed by atoms with Crippen molar-refractivity contribution in [2.45, 2.75) is 19.4 Å². The number of unbranched alkanes of at least 4 members (excludes halogenated alkanes) is 1. The van der Waals surface area contributed by atoms with Crippen LogP contribution in [0.5, 0.6) is 0 Å². The van der Waals surface area contributed by atoms with Crippen LogP contribution in [0, 0.1) is 0 Å². The number of nitrogens with zero attached hydrogens (tertiary/aromatic N) is 4. The fourth-order valence-corrected chi connectivity index (χ4v) is 6.32. The number of aromatic nitrogens is 2. The molecule has 0 bridgehead atoms. The lowest BCUT2D eigenvalue weighted by Crippen LogP contribution is -2.46. The van der Waals surface area contributed by atoms with Gasteiger partial charge in [-0.2, -0.15) is 4.37 Å². The van der Waals surface area contributed by atoms with Crippen molar-refractivity contribution in [2.24, 2.45) is 0 Å². The van der Waals surface area contributed by atoms with Crippen LogP contribution in [0.25, 0.3) is 31.9 Å². The third kappa shape index (κ3) is 4.16. The summed E-state index contributed by atoms with van der Waals surface area (Å²) in [6.07, 6.45) is 2.32. The van der Waals surface area contributed by atoms with Crippen molar-refractivity contribution in [1.29, 1.82) is 0 Å². The second-order valence-corrected chi connectivity index (χ2v) is 10.7. The first kappa shape index (κ1) is 22.2. The first-order chi connectivity index (χ1) is 16.7. The maximum Gasteiger partial charge on any atom is 0.150 e. The SMILES string of the molecule is Clc1ccc2c(c1)c1cc(Cl)ccc1n2CCCCN1CCN(c2nsc3ccccc23)CC1. The van der Waals surface area contributed by atoms with E-state index in [0.29, 0.717) is 0 Å². The Morgan fingerprint density at radius 2 is 1.38 bits per heavy atom. The Morgan fingerprint density at radius 1 is 0.735 bits per heavy atom. The molecule has 2 aromatic heterocycles. The second kappa shape index (κ2) is 9.38. The molecule has 0 radical (unpaired) electrons. The number of benzene rings is 3. The van der Waals surface area contributed by atoms with E-state index in [4.69, 9.17) is 27.6 Å². The van der Waals surface area contributed by atoms with Crippen molar-refractivity contribution in [3.8, 4) is 0 Å². The molecule has 0 saturated carbocycles. The number of rotatable bonds is 6. The highest BCUT2D eigenvalue weighted by Crippen LogP contribution is 2.33. The Kier molecular flexibility index (Phi) is 6.12. The predicted octanol–water partition coefficient (Wildman–Crippen LogP) is 7.31. The van der Waals surface area contributed by atoms with Gasteiger partial charge >= 0.3 is 0 Å². The van der Waals surface area contributed by atoms with Gasteiger partial charge in [-0.3, -0.25) is 4.90 Å². The normalized spacial score (nSPS) is 15.2. The number of piperazine rings is 1. The third-order valence-electron chi connectivity index (χ3n) is 6.93. The Balaban J connectivity index is 1.08. The van der Waals surface area contributed by atoms with Crippen LogP contribution in [0.1, 0.15) is 12.8 Å². The third-order valence-corrected chi connectivity index (χ3v) is 8.21. The Labute approximate surface area is 213 Å². The molecule has 174 valence electrons. The van der Waals surface area contributed by atoms with Crippen LogP contribution >= 0.6 is 34.7 Å². The van der Waals surface area contributed by atoms with Crippen molar-refractivity contribution in [3.63, 3.8) is 0 Å². The molecule has 1 aliphatic rings. The minimum absolute atomic E-state index is 0.760. The van der Waals surface area contributed by atoms with E-state index >= 15 is 0 Å². The zero-order valence-corrected chi connectivity index (χ0v) is 21.2. The zero-order chi connectivity index (χ0) is 23.1. The fraction of sp³-hybridized carbons (Fsp3) is 0.296.